The first-order chi connectivity index (χ1) is 4.18. The number of ether oxygens (including phenoxy) is 1. The van der Waals surface area contributed by atoms with Gasteiger partial charge in [0.15, 0.2) is 0 Å². The lowest BCUT2D eigenvalue weighted by Crippen LogP contribution is -2.48. The molecule has 0 amide bonds. The number of nitrogens with two attached hydrogens (primary N) is 1. The standard InChI is InChI=1S/C6H14N2O/c1-5-3-8(7)4-6(2)9-5/h5-6H,3-4,7H2,1-2H3/t5-,6?/m1/s1. The van der Waals surface area contributed by atoms with E-state index in [1.165, 1.54) is 0 Å². The predicted molar refractivity (Wildman–Crippen MR) is 35.8 cm³/mol. The van der Waals surface area contributed by atoms with Gasteiger partial charge in [-0.1, -0.05) is 0 Å². The van der Waals surface area contributed by atoms with Gasteiger partial charge in [0.2, 0.25) is 0 Å². The highest BCUT2D eigenvalue weighted by molar-refractivity contribution is 4.67. The van der Waals surface area contributed by atoms with Crippen LogP contribution in [0.4, 0.5) is 0 Å². The third kappa shape index (κ3) is 1.93. The van der Waals surface area contributed by atoms with Crippen LogP contribution in [0.2, 0.25) is 0 Å². The molecule has 0 saturated carbocycles. The van der Waals surface area contributed by atoms with E-state index in [4.69, 9.17) is 10.6 Å². The molecule has 1 unspecified atom stereocenters. The van der Waals surface area contributed by atoms with Gasteiger partial charge in [0.1, 0.15) is 0 Å². The lowest BCUT2D eigenvalue weighted by atomic mass is 10.3. The van der Waals surface area contributed by atoms with Crippen LogP contribution in [0, 0.1) is 0 Å². The molecule has 1 rings (SSSR count). The summed E-state index contributed by atoms with van der Waals surface area (Å²) in [7, 11) is 0. The summed E-state index contributed by atoms with van der Waals surface area (Å²) in [6, 6.07) is 0. The lowest BCUT2D eigenvalue weighted by Gasteiger charge is -2.31. The summed E-state index contributed by atoms with van der Waals surface area (Å²) in [5, 5.41) is 1.80. The molecule has 9 heavy (non-hydrogen) atoms. The van der Waals surface area contributed by atoms with E-state index in [2.05, 4.69) is 0 Å². The van der Waals surface area contributed by atoms with Crippen LogP contribution in [0.3, 0.4) is 0 Å². The van der Waals surface area contributed by atoms with Crippen molar-refractivity contribution in [1.82, 2.24) is 5.01 Å². The fourth-order valence-electron chi connectivity index (χ4n) is 1.22. The Kier molecular flexibility index (Phi) is 2.05. The number of rotatable bonds is 0. The summed E-state index contributed by atoms with van der Waals surface area (Å²) in [6.07, 6.45) is 0.581. The van der Waals surface area contributed by atoms with E-state index < -0.39 is 0 Å². The van der Waals surface area contributed by atoms with E-state index in [0.29, 0.717) is 12.2 Å². The third-order valence-electron chi connectivity index (χ3n) is 1.45. The van der Waals surface area contributed by atoms with Gasteiger partial charge >= 0.3 is 0 Å². The molecule has 1 fully saturated rings. The molecule has 2 N–H and O–H groups in total. The molecule has 1 heterocycles. The molecule has 3 nitrogen and oxygen atoms in total. The zero-order valence-corrected chi connectivity index (χ0v) is 6.00. The summed E-state index contributed by atoms with van der Waals surface area (Å²) in [6.45, 7) is 5.78. The van der Waals surface area contributed by atoms with Gasteiger partial charge in [0, 0.05) is 13.1 Å². The largest absolute Gasteiger partial charge is 0.373 e. The molecule has 0 bridgehead atoms. The van der Waals surface area contributed by atoms with Gasteiger partial charge in [-0.3, -0.25) is 5.84 Å². The van der Waals surface area contributed by atoms with E-state index in [-0.39, 0.29) is 0 Å². The van der Waals surface area contributed by atoms with Crippen LogP contribution in [0.1, 0.15) is 13.8 Å². The van der Waals surface area contributed by atoms with Crippen molar-refractivity contribution in [2.75, 3.05) is 13.1 Å². The number of nitrogens with zero attached hydrogens (tertiary/aromatic N) is 1. The predicted octanol–water partition coefficient (Wildman–Crippen LogP) is -0.0307. The van der Waals surface area contributed by atoms with Crippen molar-refractivity contribution in [3.05, 3.63) is 0 Å². The quantitative estimate of drug-likeness (QED) is 0.468. The molecular weight excluding hydrogens is 116 g/mol. The third-order valence-corrected chi connectivity index (χ3v) is 1.45. The highest BCUT2D eigenvalue weighted by atomic mass is 16.5. The molecule has 0 spiro atoms. The first kappa shape index (κ1) is 6.99. The minimum atomic E-state index is 0.291. The second-order valence-corrected chi connectivity index (χ2v) is 2.71. The normalized spacial score (nSPS) is 39.0. The summed E-state index contributed by atoms with van der Waals surface area (Å²) >= 11 is 0. The average molecular weight is 130 g/mol. The smallest absolute Gasteiger partial charge is 0.0692 e. The van der Waals surface area contributed by atoms with Crippen LogP contribution in [0.5, 0.6) is 0 Å². The molecule has 54 valence electrons. The van der Waals surface area contributed by atoms with Crippen molar-refractivity contribution >= 4 is 0 Å². The molecule has 1 saturated heterocycles. The van der Waals surface area contributed by atoms with Gasteiger partial charge < -0.3 is 4.74 Å². The van der Waals surface area contributed by atoms with Crippen LogP contribution < -0.4 is 5.84 Å². The van der Waals surface area contributed by atoms with Gasteiger partial charge in [0.25, 0.3) is 0 Å². The Balaban J connectivity index is 2.34. The van der Waals surface area contributed by atoms with Crippen LogP contribution >= 0.6 is 0 Å². The summed E-state index contributed by atoms with van der Waals surface area (Å²) in [4.78, 5) is 0. The van der Waals surface area contributed by atoms with Gasteiger partial charge in [-0.2, -0.15) is 0 Å². The van der Waals surface area contributed by atoms with Gasteiger partial charge in [-0.15, -0.1) is 0 Å². The summed E-state index contributed by atoms with van der Waals surface area (Å²) in [5.74, 6) is 5.57. The van der Waals surface area contributed by atoms with E-state index in [9.17, 15) is 0 Å². The van der Waals surface area contributed by atoms with Crippen molar-refractivity contribution in [2.24, 2.45) is 5.84 Å². The zero-order chi connectivity index (χ0) is 6.85. The minimum Gasteiger partial charge on any atom is -0.373 e. The van der Waals surface area contributed by atoms with E-state index >= 15 is 0 Å². The second kappa shape index (κ2) is 2.64. The minimum absolute atomic E-state index is 0.291. The Morgan fingerprint density at radius 3 is 2.11 bits per heavy atom. The lowest BCUT2D eigenvalue weighted by molar-refractivity contribution is -0.0684. The maximum Gasteiger partial charge on any atom is 0.0692 e. The highest BCUT2D eigenvalue weighted by Gasteiger charge is 2.18. The average Bonchev–Trinajstić information content (AvgIpc) is 1.59. The van der Waals surface area contributed by atoms with E-state index in [1.807, 2.05) is 13.8 Å². The van der Waals surface area contributed by atoms with Crippen LogP contribution in [-0.2, 0) is 4.74 Å². The molecule has 0 aromatic carbocycles. The molecule has 0 aromatic rings. The number of morpholine rings is 1. The number of hydrogen-bond donors (Lipinski definition) is 1. The van der Waals surface area contributed by atoms with Gasteiger partial charge in [-0.05, 0) is 13.8 Å². The maximum absolute atomic E-state index is 5.57. The molecule has 1 aliphatic rings. The molecule has 0 radical (unpaired) electrons. The fraction of sp³-hybridized carbons (Fsp3) is 1.00. The van der Waals surface area contributed by atoms with Crippen molar-refractivity contribution in [2.45, 2.75) is 26.1 Å². The molecule has 1 aliphatic heterocycles. The van der Waals surface area contributed by atoms with Crippen LogP contribution in [-0.4, -0.2) is 30.3 Å². The number of hydrogen-bond acceptors (Lipinski definition) is 3. The second-order valence-electron chi connectivity index (χ2n) is 2.71. The first-order valence-corrected chi connectivity index (χ1v) is 3.33. The van der Waals surface area contributed by atoms with Crippen molar-refractivity contribution in [1.29, 1.82) is 0 Å². The Morgan fingerprint density at radius 1 is 1.33 bits per heavy atom. The molecular formula is C6H14N2O. The fourth-order valence-corrected chi connectivity index (χ4v) is 1.22. The molecule has 0 aromatic heterocycles. The summed E-state index contributed by atoms with van der Waals surface area (Å²) < 4.78 is 5.43. The van der Waals surface area contributed by atoms with Crippen LogP contribution in [0.15, 0.2) is 0 Å². The maximum atomic E-state index is 5.57. The van der Waals surface area contributed by atoms with Crippen molar-refractivity contribution in [3.63, 3.8) is 0 Å². The zero-order valence-electron chi connectivity index (χ0n) is 6.00. The molecule has 2 atom stereocenters. The Hall–Kier alpha value is -0.120. The van der Waals surface area contributed by atoms with E-state index in [1.54, 1.807) is 5.01 Å². The van der Waals surface area contributed by atoms with Crippen molar-refractivity contribution < 1.29 is 4.74 Å². The molecule has 0 aliphatic carbocycles. The first-order valence-electron chi connectivity index (χ1n) is 3.33. The summed E-state index contributed by atoms with van der Waals surface area (Å²) in [5.41, 5.74) is 0. The van der Waals surface area contributed by atoms with Gasteiger partial charge in [0.05, 0.1) is 12.2 Å². The SMILES string of the molecule is CC1CN(N)C[C@@H](C)O1. The monoisotopic (exact) mass is 130 g/mol. The van der Waals surface area contributed by atoms with Gasteiger partial charge in [-0.25, -0.2) is 5.01 Å². The Morgan fingerprint density at radius 2 is 1.78 bits per heavy atom. The number of hydrazine groups is 1. The van der Waals surface area contributed by atoms with E-state index in [0.717, 1.165) is 13.1 Å². The Labute approximate surface area is 55.7 Å². The Bertz CT molecular complexity index is 72.0. The van der Waals surface area contributed by atoms with Crippen LogP contribution in [0.25, 0.3) is 0 Å². The highest BCUT2D eigenvalue weighted by Crippen LogP contribution is 2.05. The van der Waals surface area contributed by atoms with Crippen molar-refractivity contribution in [3.8, 4) is 0 Å². The topological polar surface area (TPSA) is 38.5 Å². The molecule has 3 heteroatoms.